The molecule has 2 aromatic heterocycles. The highest BCUT2D eigenvalue weighted by Gasteiger charge is 2.22. The van der Waals surface area contributed by atoms with Gasteiger partial charge in [0.2, 0.25) is 0 Å². The van der Waals surface area contributed by atoms with E-state index in [0.717, 1.165) is 49.8 Å². The average molecular weight is 429 g/mol. The minimum absolute atomic E-state index is 0.0125. The van der Waals surface area contributed by atoms with Gasteiger partial charge in [0.15, 0.2) is 0 Å². The van der Waals surface area contributed by atoms with Crippen molar-refractivity contribution >= 4 is 17.2 Å². The Morgan fingerprint density at radius 3 is 2.70 bits per heavy atom. The second-order valence-corrected chi connectivity index (χ2v) is 8.60. The van der Waals surface area contributed by atoms with E-state index in [2.05, 4.69) is 30.5 Å². The molecule has 3 N–H and O–H groups in total. The predicted octanol–water partition coefficient (Wildman–Crippen LogP) is 2.88. The predicted molar refractivity (Wildman–Crippen MR) is 116 cm³/mol. The van der Waals surface area contributed by atoms with E-state index < -0.39 is 0 Å². The second-order valence-electron chi connectivity index (χ2n) is 7.60. The van der Waals surface area contributed by atoms with Gasteiger partial charge in [-0.3, -0.25) is 9.69 Å². The lowest BCUT2D eigenvalue weighted by Gasteiger charge is -2.26. The first-order valence-corrected chi connectivity index (χ1v) is 10.9. The maximum Gasteiger partial charge on any atom is 0.271 e. The fourth-order valence-electron chi connectivity index (χ4n) is 3.35. The highest BCUT2D eigenvalue weighted by molar-refractivity contribution is 7.18. The average Bonchev–Trinajstić information content (AvgIpc) is 3.36. The first-order chi connectivity index (χ1) is 14.5. The highest BCUT2D eigenvalue weighted by atomic mass is 32.1. The van der Waals surface area contributed by atoms with Crippen LogP contribution in [-0.2, 0) is 6.54 Å². The van der Waals surface area contributed by atoms with Crippen molar-refractivity contribution in [2.75, 3.05) is 26.2 Å². The van der Waals surface area contributed by atoms with Crippen LogP contribution in [0.15, 0.2) is 30.5 Å². The standard InChI is InChI=1S/C21H25FN6OS/c1-13(2)25-20(29)18-19(14-3-5-15(22)6-4-14)30-21(27-18)16-11-24-17(26-16)12-28-9-7-23-8-10-28/h3-6,11,13,23H,7-10,12H2,1-2H3,(H,24,26)(H,25,29). The minimum atomic E-state index is -0.317. The molecule has 0 unspecified atom stereocenters. The molecule has 1 saturated heterocycles. The molecule has 4 rings (SSSR count). The van der Waals surface area contributed by atoms with Crippen molar-refractivity contribution in [3.05, 3.63) is 47.8 Å². The van der Waals surface area contributed by atoms with Crippen LogP contribution in [0.2, 0.25) is 0 Å². The number of halogens is 1. The molecule has 0 aliphatic carbocycles. The maximum atomic E-state index is 13.4. The van der Waals surface area contributed by atoms with E-state index in [0.29, 0.717) is 15.6 Å². The van der Waals surface area contributed by atoms with E-state index in [1.165, 1.54) is 23.5 Å². The molecule has 1 aliphatic heterocycles. The van der Waals surface area contributed by atoms with Gasteiger partial charge in [-0.25, -0.2) is 14.4 Å². The number of carbonyl (C=O) groups excluding carboxylic acids is 1. The number of nitrogens with one attached hydrogen (secondary N) is 3. The normalized spacial score (nSPS) is 14.9. The first-order valence-electron chi connectivity index (χ1n) is 10.0. The van der Waals surface area contributed by atoms with Gasteiger partial charge in [-0.15, -0.1) is 11.3 Å². The van der Waals surface area contributed by atoms with Crippen LogP contribution in [0.4, 0.5) is 4.39 Å². The second kappa shape index (κ2) is 9.03. The Balaban J connectivity index is 1.63. The van der Waals surface area contributed by atoms with Crippen molar-refractivity contribution in [1.29, 1.82) is 0 Å². The number of imidazole rings is 1. The zero-order valence-electron chi connectivity index (χ0n) is 17.0. The third-order valence-corrected chi connectivity index (χ3v) is 5.95. The molecule has 7 nitrogen and oxygen atoms in total. The molecular formula is C21H25FN6OS. The van der Waals surface area contributed by atoms with Gasteiger partial charge < -0.3 is 15.6 Å². The summed E-state index contributed by atoms with van der Waals surface area (Å²) in [5, 5.41) is 6.92. The summed E-state index contributed by atoms with van der Waals surface area (Å²) >= 11 is 1.40. The topological polar surface area (TPSA) is 85.9 Å². The molecule has 158 valence electrons. The SMILES string of the molecule is CC(C)NC(=O)c1nc(-c2cnc(CN3CCNCC3)[nH]2)sc1-c1ccc(F)cc1. The zero-order chi connectivity index (χ0) is 21.1. The van der Waals surface area contributed by atoms with Crippen LogP contribution in [0.25, 0.3) is 21.1 Å². The fraction of sp³-hybridized carbons (Fsp3) is 0.381. The fourth-order valence-corrected chi connectivity index (χ4v) is 4.38. The molecule has 9 heteroatoms. The Kier molecular flexibility index (Phi) is 6.21. The Bertz CT molecular complexity index is 1010. The molecule has 1 fully saturated rings. The third-order valence-electron chi connectivity index (χ3n) is 4.81. The minimum Gasteiger partial charge on any atom is -0.348 e. The monoisotopic (exact) mass is 428 g/mol. The molecule has 0 atom stereocenters. The molecule has 1 aliphatic rings. The lowest BCUT2D eigenvalue weighted by Crippen LogP contribution is -2.43. The molecule has 0 bridgehead atoms. The number of aromatic nitrogens is 3. The Labute approximate surface area is 178 Å². The number of hydrogen-bond donors (Lipinski definition) is 3. The Morgan fingerprint density at radius 2 is 2.00 bits per heavy atom. The van der Waals surface area contributed by atoms with E-state index in [-0.39, 0.29) is 17.8 Å². The van der Waals surface area contributed by atoms with Gasteiger partial charge in [-0.1, -0.05) is 12.1 Å². The van der Waals surface area contributed by atoms with Gasteiger partial charge in [-0.05, 0) is 31.5 Å². The Hall–Kier alpha value is -2.62. The summed E-state index contributed by atoms with van der Waals surface area (Å²) in [7, 11) is 0. The maximum absolute atomic E-state index is 13.4. The molecule has 1 amide bonds. The van der Waals surface area contributed by atoms with Crippen molar-refractivity contribution < 1.29 is 9.18 Å². The van der Waals surface area contributed by atoms with E-state index in [1.54, 1.807) is 18.3 Å². The van der Waals surface area contributed by atoms with Crippen LogP contribution >= 0.6 is 11.3 Å². The van der Waals surface area contributed by atoms with Crippen LogP contribution in [-0.4, -0.2) is 58.0 Å². The van der Waals surface area contributed by atoms with Gasteiger partial charge in [0.25, 0.3) is 5.91 Å². The van der Waals surface area contributed by atoms with Gasteiger partial charge in [0.1, 0.15) is 22.3 Å². The number of aromatic amines is 1. The van der Waals surface area contributed by atoms with Gasteiger partial charge in [0, 0.05) is 32.2 Å². The number of carbonyl (C=O) groups is 1. The van der Waals surface area contributed by atoms with E-state index in [1.807, 2.05) is 13.8 Å². The molecular weight excluding hydrogens is 403 g/mol. The molecule has 0 saturated carbocycles. The van der Waals surface area contributed by atoms with E-state index in [4.69, 9.17) is 0 Å². The molecule has 0 spiro atoms. The van der Waals surface area contributed by atoms with Crippen LogP contribution in [0.1, 0.15) is 30.2 Å². The lowest BCUT2D eigenvalue weighted by atomic mass is 10.1. The molecule has 1 aromatic carbocycles. The van der Waals surface area contributed by atoms with Crippen LogP contribution in [0, 0.1) is 5.82 Å². The first kappa shape index (κ1) is 20.6. The molecule has 3 heterocycles. The number of H-pyrrole nitrogens is 1. The highest BCUT2D eigenvalue weighted by Crippen LogP contribution is 2.35. The van der Waals surface area contributed by atoms with Crippen molar-refractivity contribution in [1.82, 2.24) is 30.5 Å². The van der Waals surface area contributed by atoms with Crippen molar-refractivity contribution in [3.63, 3.8) is 0 Å². The van der Waals surface area contributed by atoms with Crippen molar-refractivity contribution in [2.45, 2.75) is 26.4 Å². The lowest BCUT2D eigenvalue weighted by molar-refractivity contribution is 0.0939. The molecule has 3 aromatic rings. The summed E-state index contributed by atoms with van der Waals surface area (Å²) in [6.45, 7) is 8.49. The summed E-state index contributed by atoms with van der Waals surface area (Å²) < 4.78 is 13.4. The van der Waals surface area contributed by atoms with Crippen LogP contribution < -0.4 is 10.6 Å². The Morgan fingerprint density at radius 1 is 1.27 bits per heavy atom. The summed E-state index contributed by atoms with van der Waals surface area (Å²) in [5.41, 5.74) is 1.88. The van der Waals surface area contributed by atoms with Crippen molar-refractivity contribution in [3.8, 4) is 21.1 Å². The van der Waals surface area contributed by atoms with Crippen molar-refractivity contribution in [2.24, 2.45) is 0 Å². The summed E-state index contributed by atoms with van der Waals surface area (Å²) in [5.74, 6) is 0.314. The quantitative estimate of drug-likeness (QED) is 0.562. The van der Waals surface area contributed by atoms with Gasteiger partial charge >= 0.3 is 0 Å². The number of nitrogens with zero attached hydrogens (tertiary/aromatic N) is 3. The smallest absolute Gasteiger partial charge is 0.271 e. The largest absolute Gasteiger partial charge is 0.348 e. The molecule has 0 radical (unpaired) electrons. The van der Waals surface area contributed by atoms with Gasteiger partial charge in [0.05, 0.1) is 23.3 Å². The number of piperazine rings is 1. The summed E-state index contributed by atoms with van der Waals surface area (Å²) in [4.78, 5) is 28.3. The number of hydrogen-bond acceptors (Lipinski definition) is 6. The van der Waals surface area contributed by atoms with E-state index >= 15 is 0 Å². The number of benzene rings is 1. The molecule has 30 heavy (non-hydrogen) atoms. The van der Waals surface area contributed by atoms with Crippen LogP contribution in [0.3, 0.4) is 0 Å². The summed E-state index contributed by atoms with van der Waals surface area (Å²) in [6, 6.07) is 6.10. The third kappa shape index (κ3) is 4.75. The van der Waals surface area contributed by atoms with E-state index in [9.17, 15) is 9.18 Å². The number of thiazole rings is 1. The zero-order valence-corrected chi connectivity index (χ0v) is 17.9. The number of rotatable bonds is 6. The van der Waals surface area contributed by atoms with Gasteiger partial charge in [-0.2, -0.15) is 0 Å². The summed E-state index contributed by atoms with van der Waals surface area (Å²) in [6.07, 6.45) is 1.76. The van der Waals surface area contributed by atoms with Crippen LogP contribution in [0.5, 0.6) is 0 Å². The number of amides is 1.